The second kappa shape index (κ2) is 10.8. The van der Waals surface area contributed by atoms with Gasteiger partial charge in [-0.2, -0.15) is 0 Å². The lowest BCUT2D eigenvalue weighted by molar-refractivity contribution is 0.184. The molecule has 7 nitrogen and oxygen atoms in total. The van der Waals surface area contributed by atoms with Crippen LogP contribution in [0, 0.1) is 13.8 Å². The topological polar surface area (TPSA) is 79.7 Å². The van der Waals surface area contributed by atoms with E-state index in [1.807, 2.05) is 66.2 Å². The van der Waals surface area contributed by atoms with Crippen molar-refractivity contribution in [2.75, 3.05) is 0 Å². The molecule has 8 heteroatoms. The molecule has 0 bridgehead atoms. The molecule has 3 aromatic carbocycles. The molecule has 0 fully saturated rings. The smallest absolute Gasteiger partial charge is 0.253 e. The Balaban J connectivity index is 1.76. The standard InChI is InChI=1S/C31H33ClN6O/c1-20-11-12-21(2)27-25(20)17-26(30(39)33-27)28(29-34-35-36-38(29)31(3,4)5)37(18-22-9-7-6-8-10-22)19-23-13-15-24(32)16-14-23/h6-17,28H,18-19H2,1-5H3,(H,33,39). The summed E-state index contributed by atoms with van der Waals surface area (Å²) in [5, 5.41) is 14.7. The molecule has 0 saturated carbocycles. The minimum atomic E-state index is -0.525. The third-order valence-electron chi connectivity index (χ3n) is 7.03. The van der Waals surface area contributed by atoms with E-state index >= 15 is 0 Å². The van der Waals surface area contributed by atoms with Gasteiger partial charge in [-0.25, -0.2) is 4.68 Å². The van der Waals surface area contributed by atoms with Crippen molar-refractivity contribution < 1.29 is 0 Å². The highest BCUT2D eigenvalue weighted by molar-refractivity contribution is 6.30. The maximum atomic E-state index is 13.9. The summed E-state index contributed by atoms with van der Waals surface area (Å²) in [6.45, 7) is 11.4. The van der Waals surface area contributed by atoms with Crippen LogP contribution in [-0.2, 0) is 18.6 Å². The monoisotopic (exact) mass is 540 g/mol. The van der Waals surface area contributed by atoms with E-state index in [9.17, 15) is 4.79 Å². The van der Waals surface area contributed by atoms with Crippen LogP contribution >= 0.6 is 11.6 Å². The number of aromatic nitrogens is 5. The number of benzene rings is 3. The Bertz CT molecular complexity index is 1650. The predicted octanol–water partition coefficient (Wildman–Crippen LogP) is 6.33. The largest absolute Gasteiger partial charge is 0.321 e. The Labute approximate surface area is 233 Å². The molecule has 200 valence electrons. The van der Waals surface area contributed by atoms with Crippen LogP contribution in [0.4, 0.5) is 0 Å². The Hall–Kier alpha value is -3.81. The first-order chi connectivity index (χ1) is 18.6. The van der Waals surface area contributed by atoms with Gasteiger partial charge in [-0.1, -0.05) is 66.2 Å². The second-order valence-corrected chi connectivity index (χ2v) is 11.5. The van der Waals surface area contributed by atoms with E-state index in [1.165, 1.54) is 0 Å². The number of hydrogen-bond donors (Lipinski definition) is 1. The van der Waals surface area contributed by atoms with Crippen LogP contribution in [0.25, 0.3) is 10.9 Å². The molecular weight excluding hydrogens is 508 g/mol. The minimum Gasteiger partial charge on any atom is -0.321 e. The van der Waals surface area contributed by atoms with E-state index in [-0.39, 0.29) is 5.56 Å². The third-order valence-corrected chi connectivity index (χ3v) is 7.29. The average molecular weight is 541 g/mol. The van der Waals surface area contributed by atoms with E-state index in [4.69, 9.17) is 11.6 Å². The van der Waals surface area contributed by atoms with E-state index in [0.717, 1.165) is 33.2 Å². The van der Waals surface area contributed by atoms with Gasteiger partial charge in [0.05, 0.1) is 11.1 Å². The highest BCUT2D eigenvalue weighted by Gasteiger charge is 2.33. The number of aromatic amines is 1. The van der Waals surface area contributed by atoms with Crippen molar-refractivity contribution in [2.45, 2.75) is 59.3 Å². The normalized spacial score (nSPS) is 12.8. The molecule has 5 rings (SSSR count). The molecule has 5 aromatic rings. The van der Waals surface area contributed by atoms with Crippen molar-refractivity contribution in [3.8, 4) is 0 Å². The average Bonchev–Trinajstić information content (AvgIpc) is 3.39. The summed E-state index contributed by atoms with van der Waals surface area (Å²) in [6.07, 6.45) is 0. The highest BCUT2D eigenvalue weighted by Crippen LogP contribution is 2.33. The van der Waals surface area contributed by atoms with Crippen molar-refractivity contribution in [3.63, 3.8) is 0 Å². The van der Waals surface area contributed by atoms with Crippen molar-refractivity contribution in [1.82, 2.24) is 30.1 Å². The van der Waals surface area contributed by atoms with E-state index in [2.05, 4.69) is 71.3 Å². The molecule has 39 heavy (non-hydrogen) atoms. The lowest BCUT2D eigenvalue weighted by Gasteiger charge is -2.33. The number of pyridine rings is 1. The molecule has 1 N–H and O–H groups in total. The van der Waals surface area contributed by atoms with Gasteiger partial charge < -0.3 is 4.98 Å². The summed E-state index contributed by atoms with van der Waals surface area (Å²) in [5.74, 6) is 0.613. The number of hydrogen-bond acceptors (Lipinski definition) is 5. The number of rotatable bonds is 7. The summed E-state index contributed by atoms with van der Waals surface area (Å²) < 4.78 is 1.82. The number of fused-ring (bicyclic) bond motifs is 1. The summed E-state index contributed by atoms with van der Waals surface area (Å²) in [4.78, 5) is 19.3. The molecule has 2 aromatic heterocycles. The third kappa shape index (κ3) is 5.65. The zero-order valence-electron chi connectivity index (χ0n) is 22.9. The maximum Gasteiger partial charge on any atom is 0.253 e. The number of nitrogens with zero attached hydrogens (tertiary/aromatic N) is 5. The van der Waals surface area contributed by atoms with E-state index in [1.54, 1.807) is 0 Å². The number of nitrogens with one attached hydrogen (secondary N) is 1. The highest BCUT2D eigenvalue weighted by atomic mass is 35.5. The van der Waals surface area contributed by atoms with Crippen LogP contribution < -0.4 is 5.56 Å². The zero-order chi connectivity index (χ0) is 27.7. The maximum absolute atomic E-state index is 13.9. The van der Waals surface area contributed by atoms with Crippen LogP contribution in [0.2, 0.25) is 5.02 Å². The fourth-order valence-electron chi connectivity index (χ4n) is 5.02. The van der Waals surface area contributed by atoms with Crippen molar-refractivity contribution in [3.05, 3.63) is 122 Å². The summed E-state index contributed by atoms with van der Waals surface area (Å²) in [5.41, 5.74) is 5.21. The van der Waals surface area contributed by atoms with Gasteiger partial charge in [0.25, 0.3) is 5.56 Å². The van der Waals surface area contributed by atoms with E-state index < -0.39 is 11.6 Å². The first kappa shape index (κ1) is 26.8. The minimum absolute atomic E-state index is 0.154. The fraction of sp³-hybridized carbons (Fsp3) is 0.290. The molecule has 0 aliphatic heterocycles. The van der Waals surface area contributed by atoms with Crippen LogP contribution in [0.5, 0.6) is 0 Å². The lowest BCUT2D eigenvalue weighted by atomic mass is 9.98. The summed E-state index contributed by atoms with van der Waals surface area (Å²) >= 11 is 6.20. The summed E-state index contributed by atoms with van der Waals surface area (Å²) in [6, 6.07) is 23.7. The van der Waals surface area contributed by atoms with Gasteiger partial charge in [0.15, 0.2) is 5.82 Å². The number of H-pyrrole nitrogens is 1. The zero-order valence-corrected chi connectivity index (χ0v) is 23.7. The molecule has 0 aliphatic rings. The number of tetrazole rings is 1. The second-order valence-electron chi connectivity index (χ2n) is 11.1. The Morgan fingerprint density at radius 3 is 2.23 bits per heavy atom. The van der Waals surface area contributed by atoms with Crippen LogP contribution in [0.1, 0.15) is 60.5 Å². The van der Waals surface area contributed by atoms with Crippen molar-refractivity contribution >= 4 is 22.5 Å². The Kier molecular flexibility index (Phi) is 7.38. The van der Waals surface area contributed by atoms with Crippen molar-refractivity contribution in [1.29, 1.82) is 0 Å². The van der Waals surface area contributed by atoms with Gasteiger partial charge in [-0.3, -0.25) is 9.69 Å². The fourth-order valence-corrected chi connectivity index (χ4v) is 5.14. The molecular formula is C31H33ClN6O. The van der Waals surface area contributed by atoms with E-state index in [0.29, 0.717) is 29.5 Å². The first-order valence-corrected chi connectivity index (χ1v) is 13.4. The van der Waals surface area contributed by atoms with Gasteiger partial charge in [-0.05, 0) is 85.5 Å². The molecule has 0 spiro atoms. The van der Waals surface area contributed by atoms with Gasteiger partial charge in [0, 0.05) is 29.1 Å². The van der Waals surface area contributed by atoms with Gasteiger partial charge >= 0.3 is 0 Å². The van der Waals surface area contributed by atoms with Gasteiger partial charge in [0.1, 0.15) is 6.04 Å². The molecule has 0 aliphatic carbocycles. The molecule has 1 atom stereocenters. The molecule has 0 amide bonds. The quantitative estimate of drug-likeness (QED) is 0.261. The summed E-state index contributed by atoms with van der Waals surface area (Å²) in [7, 11) is 0. The first-order valence-electron chi connectivity index (χ1n) is 13.1. The number of halogens is 1. The molecule has 2 heterocycles. The van der Waals surface area contributed by atoms with Crippen LogP contribution in [0.15, 0.2) is 77.6 Å². The SMILES string of the molecule is Cc1ccc(C)c2[nH]c(=O)c(C(c3nnnn3C(C)(C)C)N(Cc3ccccc3)Cc3ccc(Cl)cc3)cc12. The Morgan fingerprint density at radius 1 is 0.923 bits per heavy atom. The molecule has 0 saturated heterocycles. The van der Waals surface area contributed by atoms with Gasteiger partial charge in [0.2, 0.25) is 0 Å². The van der Waals surface area contributed by atoms with Crippen LogP contribution in [-0.4, -0.2) is 30.1 Å². The number of aryl methyl sites for hydroxylation is 2. The lowest BCUT2D eigenvalue weighted by Crippen LogP contribution is -2.37. The Morgan fingerprint density at radius 2 is 1.56 bits per heavy atom. The van der Waals surface area contributed by atoms with Crippen LogP contribution in [0.3, 0.4) is 0 Å². The van der Waals surface area contributed by atoms with Crippen molar-refractivity contribution in [2.24, 2.45) is 0 Å². The molecule has 0 radical (unpaired) electrons. The predicted molar refractivity (Wildman–Crippen MR) is 156 cm³/mol. The molecule has 1 unspecified atom stereocenters. The van der Waals surface area contributed by atoms with Gasteiger partial charge in [-0.15, -0.1) is 5.10 Å².